The second-order valence-electron chi connectivity index (χ2n) is 2.87. The molecular formula is C7H15NO3. The van der Waals surface area contributed by atoms with Crippen molar-refractivity contribution in [2.75, 3.05) is 33.0 Å². The summed E-state index contributed by atoms with van der Waals surface area (Å²) in [6, 6.07) is 0. The first-order chi connectivity index (χ1) is 5.27. The van der Waals surface area contributed by atoms with Crippen molar-refractivity contribution in [2.24, 2.45) is 5.73 Å². The zero-order valence-electron chi connectivity index (χ0n) is 6.58. The van der Waals surface area contributed by atoms with Crippen LogP contribution in [-0.4, -0.2) is 43.7 Å². The lowest BCUT2D eigenvalue weighted by Gasteiger charge is -2.23. The van der Waals surface area contributed by atoms with E-state index in [4.69, 9.17) is 15.2 Å². The molecule has 1 aliphatic heterocycles. The van der Waals surface area contributed by atoms with Crippen molar-refractivity contribution in [3.63, 3.8) is 0 Å². The van der Waals surface area contributed by atoms with Gasteiger partial charge in [0.05, 0.1) is 26.4 Å². The fraction of sp³-hybridized carbons (Fsp3) is 1.00. The molecule has 4 heteroatoms. The molecule has 0 aromatic rings. The van der Waals surface area contributed by atoms with Gasteiger partial charge in [0.1, 0.15) is 5.60 Å². The molecule has 3 N–H and O–H groups in total. The van der Waals surface area contributed by atoms with Crippen LogP contribution in [-0.2, 0) is 9.47 Å². The van der Waals surface area contributed by atoms with E-state index in [0.717, 1.165) is 0 Å². The monoisotopic (exact) mass is 161 g/mol. The SMILES string of the molecule is NCCC1(O)COCCOC1. The van der Waals surface area contributed by atoms with E-state index in [1.165, 1.54) is 0 Å². The molecule has 66 valence electrons. The Morgan fingerprint density at radius 3 is 2.27 bits per heavy atom. The van der Waals surface area contributed by atoms with Gasteiger partial charge >= 0.3 is 0 Å². The molecule has 1 saturated heterocycles. The minimum absolute atomic E-state index is 0.337. The highest BCUT2D eigenvalue weighted by atomic mass is 16.6. The van der Waals surface area contributed by atoms with Gasteiger partial charge in [0.15, 0.2) is 0 Å². The van der Waals surface area contributed by atoms with Gasteiger partial charge in [0.25, 0.3) is 0 Å². The van der Waals surface area contributed by atoms with Gasteiger partial charge in [-0.1, -0.05) is 0 Å². The third-order valence-corrected chi connectivity index (χ3v) is 1.72. The molecule has 1 fully saturated rings. The summed E-state index contributed by atoms with van der Waals surface area (Å²) in [6.07, 6.45) is 0.535. The first-order valence-electron chi connectivity index (χ1n) is 3.85. The van der Waals surface area contributed by atoms with Crippen LogP contribution in [0.15, 0.2) is 0 Å². The average Bonchev–Trinajstić information content (AvgIpc) is 2.15. The first-order valence-corrected chi connectivity index (χ1v) is 3.85. The number of nitrogens with two attached hydrogens (primary N) is 1. The summed E-state index contributed by atoms with van der Waals surface area (Å²) in [5.41, 5.74) is 4.47. The Kier molecular flexibility index (Phi) is 3.26. The van der Waals surface area contributed by atoms with E-state index in [9.17, 15) is 5.11 Å². The molecule has 1 rings (SSSR count). The number of hydrogen-bond acceptors (Lipinski definition) is 4. The average molecular weight is 161 g/mol. The Labute approximate surface area is 66.3 Å². The maximum atomic E-state index is 9.72. The van der Waals surface area contributed by atoms with Gasteiger partial charge in [-0.15, -0.1) is 0 Å². The van der Waals surface area contributed by atoms with Crippen molar-refractivity contribution in [3.8, 4) is 0 Å². The van der Waals surface area contributed by atoms with Crippen LogP contribution in [0, 0.1) is 0 Å². The van der Waals surface area contributed by atoms with Crippen molar-refractivity contribution < 1.29 is 14.6 Å². The van der Waals surface area contributed by atoms with E-state index < -0.39 is 5.60 Å². The van der Waals surface area contributed by atoms with Crippen LogP contribution in [0.25, 0.3) is 0 Å². The number of ether oxygens (including phenoxy) is 2. The Hall–Kier alpha value is -0.160. The molecule has 0 spiro atoms. The molecule has 0 bridgehead atoms. The Morgan fingerprint density at radius 2 is 1.82 bits per heavy atom. The number of hydrogen-bond donors (Lipinski definition) is 2. The van der Waals surface area contributed by atoms with Crippen LogP contribution in [0.1, 0.15) is 6.42 Å². The van der Waals surface area contributed by atoms with Gasteiger partial charge in [0, 0.05) is 0 Å². The Balaban J connectivity index is 2.38. The Morgan fingerprint density at radius 1 is 1.27 bits per heavy atom. The fourth-order valence-corrected chi connectivity index (χ4v) is 1.10. The van der Waals surface area contributed by atoms with E-state index >= 15 is 0 Å². The number of aliphatic hydroxyl groups is 1. The molecule has 0 saturated carbocycles. The van der Waals surface area contributed by atoms with Gasteiger partial charge in [-0.25, -0.2) is 0 Å². The lowest BCUT2D eigenvalue weighted by atomic mass is 10.0. The molecular weight excluding hydrogens is 146 g/mol. The van der Waals surface area contributed by atoms with Crippen LogP contribution in [0.5, 0.6) is 0 Å². The molecule has 1 heterocycles. The number of rotatable bonds is 2. The second-order valence-corrected chi connectivity index (χ2v) is 2.87. The van der Waals surface area contributed by atoms with Crippen LogP contribution < -0.4 is 5.73 Å². The molecule has 0 radical (unpaired) electrons. The summed E-state index contributed by atoms with van der Waals surface area (Å²) in [5.74, 6) is 0. The molecule has 0 aromatic carbocycles. The zero-order chi connectivity index (χ0) is 8.16. The third-order valence-electron chi connectivity index (χ3n) is 1.72. The summed E-state index contributed by atoms with van der Waals surface area (Å²) in [4.78, 5) is 0. The van der Waals surface area contributed by atoms with Gasteiger partial charge in [0.2, 0.25) is 0 Å². The third kappa shape index (κ3) is 2.75. The lowest BCUT2D eigenvalue weighted by molar-refractivity contribution is -0.0584. The van der Waals surface area contributed by atoms with Crippen molar-refractivity contribution in [1.82, 2.24) is 0 Å². The smallest absolute Gasteiger partial charge is 0.112 e. The first kappa shape index (κ1) is 8.93. The minimum atomic E-state index is -0.856. The van der Waals surface area contributed by atoms with E-state index in [-0.39, 0.29) is 0 Å². The maximum Gasteiger partial charge on any atom is 0.112 e. The summed E-state index contributed by atoms with van der Waals surface area (Å²) in [7, 11) is 0. The summed E-state index contributed by atoms with van der Waals surface area (Å²) < 4.78 is 10.3. The fourth-order valence-electron chi connectivity index (χ4n) is 1.10. The predicted molar refractivity (Wildman–Crippen MR) is 40.3 cm³/mol. The summed E-state index contributed by atoms with van der Waals surface area (Å²) >= 11 is 0. The van der Waals surface area contributed by atoms with Crippen LogP contribution >= 0.6 is 0 Å². The Bertz CT molecular complexity index is 110. The van der Waals surface area contributed by atoms with Crippen LogP contribution in [0.4, 0.5) is 0 Å². The van der Waals surface area contributed by atoms with E-state index in [0.29, 0.717) is 39.4 Å². The van der Waals surface area contributed by atoms with E-state index in [1.54, 1.807) is 0 Å². The maximum absolute atomic E-state index is 9.72. The zero-order valence-corrected chi connectivity index (χ0v) is 6.58. The molecule has 0 amide bonds. The summed E-state index contributed by atoms with van der Waals surface area (Å²) in [5, 5.41) is 9.72. The molecule has 0 aromatic heterocycles. The highest BCUT2D eigenvalue weighted by Gasteiger charge is 2.28. The molecule has 11 heavy (non-hydrogen) atoms. The lowest BCUT2D eigenvalue weighted by Crippen LogP contribution is -2.40. The second kappa shape index (κ2) is 4.01. The predicted octanol–water partition coefficient (Wildman–Crippen LogP) is -0.887. The van der Waals surface area contributed by atoms with Crippen molar-refractivity contribution in [3.05, 3.63) is 0 Å². The molecule has 0 unspecified atom stereocenters. The molecule has 0 atom stereocenters. The van der Waals surface area contributed by atoms with Crippen LogP contribution in [0.2, 0.25) is 0 Å². The molecule has 4 nitrogen and oxygen atoms in total. The van der Waals surface area contributed by atoms with Gasteiger partial charge in [-0.05, 0) is 13.0 Å². The topological polar surface area (TPSA) is 64.7 Å². The minimum Gasteiger partial charge on any atom is -0.385 e. The highest BCUT2D eigenvalue weighted by molar-refractivity contribution is 4.79. The van der Waals surface area contributed by atoms with Crippen molar-refractivity contribution in [1.29, 1.82) is 0 Å². The van der Waals surface area contributed by atoms with E-state index in [2.05, 4.69) is 0 Å². The van der Waals surface area contributed by atoms with Gasteiger partial charge in [-0.3, -0.25) is 0 Å². The molecule has 0 aliphatic carbocycles. The quantitative estimate of drug-likeness (QED) is 0.551. The standard InChI is InChI=1S/C7H15NO3/c8-2-1-7(9)5-10-3-4-11-6-7/h9H,1-6,8H2. The van der Waals surface area contributed by atoms with Crippen LogP contribution in [0.3, 0.4) is 0 Å². The van der Waals surface area contributed by atoms with Gasteiger partial charge in [-0.2, -0.15) is 0 Å². The van der Waals surface area contributed by atoms with Gasteiger partial charge < -0.3 is 20.3 Å². The van der Waals surface area contributed by atoms with E-state index in [1.807, 2.05) is 0 Å². The van der Waals surface area contributed by atoms with Crippen molar-refractivity contribution >= 4 is 0 Å². The summed E-state index contributed by atoms with van der Waals surface area (Å²) in [6.45, 7) is 2.26. The van der Waals surface area contributed by atoms with Crippen molar-refractivity contribution in [2.45, 2.75) is 12.0 Å². The normalized spacial score (nSPS) is 24.5. The largest absolute Gasteiger partial charge is 0.385 e. The highest BCUT2D eigenvalue weighted by Crippen LogP contribution is 2.12. The molecule has 1 aliphatic rings.